The van der Waals surface area contributed by atoms with Crippen molar-refractivity contribution in [1.82, 2.24) is 4.90 Å². The maximum Gasteiger partial charge on any atom is 0.309 e. The molecule has 0 aromatic heterocycles. The number of ether oxygens (including phenoxy) is 1. The molecule has 0 radical (unpaired) electrons. The topological polar surface area (TPSA) is 29.5 Å². The van der Waals surface area contributed by atoms with Crippen molar-refractivity contribution in [2.24, 2.45) is 5.92 Å². The van der Waals surface area contributed by atoms with Gasteiger partial charge in [-0.05, 0) is 35.9 Å². The standard InChI is InChI=1S/C18H27NO2/c1-18(2,3)16-9-7-14(8-10-16)12-19-11-5-6-15(13-19)17(20)21-4/h7-10,15H,5-6,11-13H2,1-4H3/t15-/m0/s1. The molecule has 0 amide bonds. The molecular formula is C18H27NO2. The largest absolute Gasteiger partial charge is 0.469 e. The Morgan fingerprint density at radius 2 is 1.95 bits per heavy atom. The molecule has 0 unspecified atom stereocenters. The van der Waals surface area contributed by atoms with Gasteiger partial charge in [0.15, 0.2) is 0 Å². The summed E-state index contributed by atoms with van der Waals surface area (Å²) in [6, 6.07) is 8.86. The van der Waals surface area contributed by atoms with E-state index in [0.29, 0.717) is 0 Å². The summed E-state index contributed by atoms with van der Waals surface area (Å²) in [5.74, 6) is -0.0274. The van der Waals surface area contributed by atoms with Crippen molar-refractivity contribution in [2.75, 3.05) is 20.2 Å². The summed E-state index contributed by atoms with van der Waals surface area (Å²) in [4.78, 5) is 14.0. The minimum atomic E-state index is -0.0669. The Morgan fingerprint density at radius 1 is 1.29 bits per heavy atom. The summed E-state index contributed by atoms with van der Waals surface area (Å²) >= 11 is 0. The molecule has 0 bridgehead atoms. The highest BCUT2D eigenvalue weighted by atomic mass is 16.5. The van der Waals surface area contributed by atoms with Gasteiger partial charge in [-0.25, -0.2) is 0 Å². The fourth-order valence-corrected chi connectivity index (χ4v) is 2.93. The number of likely N-dealkylation sites (tertiary alicyclic amines) is 1. The first-order chi connectivity index (χ1) is 9.90. The molecule has 1 saturated heterocycles. The third-order valence-electron chi connectivity index (χ3n) is 4.27. The minimum absolute atomic E-state index is 0.0394. The van der Waals surface area contributed by atoms with E-state index in [0.717, 1.165) is 32.5 Å². The molecule has 1 aliphatic rings. The third kappa shape index (κ3) is 4.31. The van der Waals surface area contributed by atoms with Crippen LogP contribution >= 0.6 is 0 Å². The van der Waals surface area contributed by atoms with E-state index >= 15 is 0 Å². The van der Waals surface area contributed by atoms with Crippen molar-refractivity contribution in [3.63, 3.8) is 0 Å². The van der Waals surface area contributed by atoms with E-state index < -0.39 is 0 Å². The van der Waals surface area contributed by atoms with Gasteiger partial charge in [0.2, 0.25) is 0 Å². The van der Waals surface area contributed by atoms with Crippen molar-refractivity contribution in [3.8, 4) is 0 Å². The van der Waals surface area contributed by atoms with Gasteiger partial charge in [-0.1, -0.05) is 45.0 Å². The zero-order valence-corrected chi connectivity index (χ0v) is 13.7. The molecule has 1 fully saturated rings. The Kier molecular flexibility index (Phi) is 5.04. The van der Waals surface area contributed by atoms with Gasteiger partial charge in [0, 0.05) is 13.1 Å². The SMILES string of the molecule is COC(=O)[C@H]1CCCN(Cc2ccc(C(C)(C)C)cc2)C1. The number of esters is 1. The first-order valence-electron chi connectivity index (χ1n) is 7.80. The number of benzene rings is 1. The lowest BCUT2D eigenvalue weighted by molar-refractivity contribution is -0.147. The molecule has 21 heavy (non-hydrogen) atoms. The monoisotopic (exact) mass is 289 g/mol. The van der Waals surface area contributed by atoms with Gasteiger partial charge in [0.25, 0.3) is 0 Å². The van der Waals surface area contributed by atoms with Crippen LogP contribution in [0.5, 0.6) is 0 Å². The molecule has 116 valence electrons. The lowest BCUT2D eigenvalue weighted by Gasteiger charge is -2.31. The number of nitrogens with zero attached hydrogens (tertiary/aromatic N) is 1. The maximum atomic E-state index is 11.7. The van der Waals surface area contributed by atoms with Crippen LogP contribution in [-0.4, -0.2) is 31.1 Å². The second kappa shape index (κ2) is 6.61. The van der Waals surface area contributed by atoms with Crippen molar-refractivity contribution in [2.45, 2.75) is 45.6 Å². The number of methoxy groups -OCH3 is 1. The normalized spacial score (nSPS) is 20.3. The van der Waals surface area contributed by atoms with Gasteiger partial charge < -0.3 is 4.74 Å². The van der Waals surface area contributed by atoms with E-state index in [1.54, 1.807) is 0 Å². The average Bonchev–Trinajstić information content (AvgIpc) is 2.46. The van der Waals surface area contributed by atoms with Crippen LogP contribution in [0, 0.1) is 5.92 Å². The molecule has 3 heteroatoms. The van der Waals surface area contributed by atoms with Crippen LogP contribution in [0.25, 0.3) is 0 Å². The Morgan fingerprint density at radius 3 is 2.52 bits per heavy atom. The van der Waals surface area contributed by atoms with Crippen molar-refractivity contribution in [3.05, 3.63) is 35.4 Å². The summed E-state index contributed by atoms with van der Waals surface area (Å²) < 4.78 is 4.88. The average molecular weight is 289 g/mol. The highest BCUT2D eigenvalue weighted by Gasteiger charge is 2.26. The van der Waals surface area contributed by atoms with E-state index in [-0.39, 0.29) is 17.3 Å². The molecule has 0 N–H and O–H groups in total. The van der Waals surface area contributed by atoms with Gasteiger partial charge in [-0.2, -0.15) is 0 Å². The summed E-state index contributed by atoms with van der Waals surface area (Å²) in [7, 11) is 1.48. The van der Waals surface area contributed by atoms with Crippen LogP contribution < -0.4 is 0 Å². The molecular weight excluding hydrogens is 262 g/mol. The van der Waals surface area contributed by atoms with Crippen LogP contribution in [0.15, 0.2) is 24.3 Å². The lowest BCUT2D eigenvalue weighted by Crippen LogP contribution is -2.38. The van der Waals surface area contributed by atoms with Gasteiger partial charge in [0.05, 0.1) is 13.0 Å². The second-order valence-corrected chi connectivity index (χ2v) is 7.04. The molecule has 1 aromatic rings. The summed E-state index contributed by atoms with van der Waals surface area (Å²) in [5, 5.41) is 0. The molecule has 3 nitrogen and oxygen atoms in total. The highest BCUT2D eigenvalue weighted by Crippen LogP contribution is 2.24. The molecule has 1 aliphatic heterocycles. The van der Waals surface area contributed by atoms with Crippen molar-refractivity contribution < 1.29 is 9.53 Å². The van der Waals surface area contributed by atoms with E-state index in [1.807, 2.05) is 0 Å². The van der Waals surface area contributed by atoms with Gasteiger partial charge in [-0.3, -0.25) is 9.69 Å². The maximum absolute atomic E-state index is 11.7. The summed E-state index contributed by atoms with van der Waals surface area (Å²) in [6.07, 6.45) is 2.02. The summed E-state index contributed by atoms with van der Waals surface area (Å²) in [6.45, 7) is 9.48. The van der Waals surface area contributed by atoms with E-state index in [4.69, 9.17) is 4.74 Å². The molecule has 2 rings (SSSR count). The molecule has 1 atom stereocenters. The minimum Gasteiger partial charge on any atom is -0.469 e. The first kappa shape index (κ1) is 16.0. The van der Waals surface area contributed by atoms with E-state index in [1.165, 1.54) is 18.2 Å². The van der Waals surface area contributed by atoms with Gasteiger partial charge in [0.1, 0.15) is 0 Å². The Labute approximate surface area is 128 Å². The van der Waals surface area contributed by atoms with Crippen molar-refractivity contribution in [1.29, 1.82) is 0 Å². The highest BCUT2D eigenvalue weighted by molar-refractivity contribution is 5.72. The smallest absolute Gasteiger partial charge is 0.309 e. The lowest BCUT2D eigenvalue weighted by atomic mass is 9.86. The van der Waals surface area contributed by atoms with Crippen LogP contribution in [0.1, 0.15) is 44.7 Å². The molecule has 0 saturated carbocycles. The third-order valence-corrected chi connectivity index (χ3v) is 4.27. The number of rotatable bonds is 3. The van der Waals surface area contributed by atoms with Crippen LogP contribution in [-0.2, 0) is 21.5 Å². The van der Waals surface area contributed by atoms with Gasteiger partial charge >= 0.3 is 5.97 Å². The summed E-state index contributed by atoms with van der Waals surface area (Å²) in [5.41, 5.74) is 2.87. The van der Waals surface area contributed by atoms with Gasteiger partial charge in [-0.15, -0.1) is 0 Å². The zero-order valence-electron chi connectivity index (χ0n) is 13.7. The van der Waals surface area contributed by atoms with Crippen LogP contribution in [0.4, 0.5) is 0 Å². The molecule has 0 spiro atoms. The number of carbonyl (C=O) groups excluding carboxylic acids is 1. The molecule has 1 aromatic carbocycles. The Bertz CT molecular complexity index is 473. The predicted octanol–water partition coefficient (Wildman–Crippen LogP) is 3.37. The Hall–Kier alpha value is -1.35. The van der Waals surface area contributed by atoms with Crippen molar-refractivity contribution >= 4 is 5.97 Å². The van der Waals surface area contributed by atoms with E-state index in [2.05, 4.69) is 49.9 Å². The molecule has 1 heterocycles. The number of piperidine rings is 1. The Balaban J connectivity index is 1.96. The fraction of sp³-hybridized carbons (Fsp3) is 0.611. The predicted molar refractivity (Wildman–Crippen MR) is 85.2 cm³/mol. The molecule has 0 aliphatic carbocycles. The first-order valence-corrected chi connectivity index (χ1v) is 7.80. The van der Waals surface area contributed by atoms with E-state index in [9.17, 15) is 4.79 Å². The zero-order chi connectivity index (χ0) is 15.5. The number of hydrogen-bond acceptors (Lipinski definition) is 3. The second-order valence-electron chi connectivity index (χ2n) is 7.04. The van der Waals surface area contributed by atoms with Crippen LogP contribution in [0.2, 0.25) is 0 Å². The number of carbonyl (C=O) groups is 1. The van der Waals surface area contributed by atoms with Crippen LogP contribution in [0.3, 0.4) is 0 Å². The fourth-order valence-electron chi connectivity index (χ4n) is 2.93. The quantitative estimate of drug-likeness (QED) is 0.799. The number of hydrogen-bond donors (Lipinski definition) is 0.